The summed E-state index contributed by atoms with van der Waals surface area (Å²) in [6.07, 6.45) is 5.31. The SMILES string of the molecule is Cc1ccc(S(=O)(=O)n2ccc3c(-c4ccc(N)c(N)c4OCC4CC4)cn(C)c(=O)c32)cc1. The van der Waals surface area contributed by atoms with Gasteiger partial charge in [0.15, 0.2) is 5.75 Å². The molecule has 5 rings (SSSR count). The van der Waals surface area contributed by atoms with Crippen molar-refractivity contribution in [1.82, 2.24) is 8.54 Å². The van der Waals surface area contributed by atoms with E-state index in [4.69, 9.17) is 16.2 Å². The van der Waals surface area contributed by atoms with E-state index in [0.717, 1.165) is 22.4 Å². The molecule has 0 aliphatic heterocycles. The van der Waals surface area contributed by atoms with Gasteiger partial charge in [-0.2, -0.15) is 0 Å². The average Bonchev–Trinajstić information content (AvgIpc) is 3.52. The highest BCUT2D eigenvalue weighted by Gasteiger charge is 2.26. The fourth-order valence-corrected chi connectivity index (χ4v) is 5.38. The van der Waals surface area contributed by atoms with Crippen LogP contribution in [0.1, 0.15) is 18.4 Å². The minimum atomic E-state index is -3.99. The van der Waals surface area contributed by atoms with E-state index in [1.807, 2.05) is 6.92 Å². The second kappa shape index (κ2) is 7.95. The minimum Gasteiger partial charge on any atom is -0.490 e. The molecule has 0 bridgehead atoms. The van der Waals surface area contributed by atoms with E-state index < -0.39 is 15.6 Å². The molecule has 8 nitrogen and oxygen atoms in total. The molecule has 1 aliphatic rings. The van der Waals surface area contributed by atoms with E-state index >= 15 is 0 Å². The summed E-state index contributed by atoms with van der Waals surface area (Å²) < 4.78 is 35.4. The number of nitrogens with zero attached hydrogens (tertiary/aromatic N) is 2. The number of benzene rings is 2. The van der Waals surface area contributed by atoms with Crippen molar-refractivity contribution in [2.45, 2.75) is 24.7 Å². The molecule has 1 saturated carbocycles. The Balaban J connectivity index is 1.73. The highest BCUT2D eigenvalue weighted by Crippen LogP contribution is 2.42. The molecule has 0 saturated heterocycles. The normalized spacial score (nSPS) is 13.9. The summed E-state index contributed by atoms with van der Waals surface area (Å²) in [5.74, 6) is 0.940. The molecular formula is C25H26N4O4S. The average molecular weight is 479 g/mol. The summed E-state index contributed by atoms with van der Waals surface area (Å²) in [5.41, 5.74) is 14.9. The monoisotopic (exact) mass is 478 g/mol. The topological polar surface area (TPSA) is 122 Å². The lowest BCUT2D eigenvalue weighted by atomic mass is 10.0. The van der Waals surface area contributed by atoms with Crippen LogP contribution in [0.3, 0.4) is 0 Å². The predicted octanol–water partition coefficient (Wildman–Crippen LogP) is 3.51. The second-order valence-corrected chi connectivity index (χ2v) is 10.7. The van der Waals surface area contributed by atoms with Crippen LogP contribution < -0.4 is 21.8 Å². The number of aromatic nitrogens is 2. The highest BCUT2D eigenvalue weighted by molar-refractivity contribution is 7.90. The maximum absolute atomic E-state index is 13.4. The zero-order chi connectivity index (χ0) is 24.2. The molecular weight excluding hydrogens is 452 g/mol. The standard InChI is InChI=1S/C25H26N4O4S/c1-15-3-7-17(8-4-15)34(31,32)29-12-11-18-20(13-28(2)25(30)23(18)29)19-9-10-21(26)22(27)24(19)33-14-16-5-6-16/h3-4,7-13,16H,5-6,14,26-27H2,1-2H3. The van der Waals surface area contributed by atoms with Crippen LogP contribution >= 0.6 is 0 Å². The van der Waals surface area contributed by atoms with Crippen LogP contribution in [0.4, 0.5) is 11.4 Å². The van der Waals surface area contributed by atoms with Gasteiger partial charge >= 0.3 is 0 Å². The van der Waals surface area contributed by atoms with Crippen LogP contribution in [0.2, 0.25) is 0 Å². The van der Waals surface area contributed by atoms with Crippen molar-refractivity contribution in [3.8, 4) is 16.9 Å². The molecule has 0 unspecified atom stereocenters. The van der Waals surface area contributed by atoms with Gasteiger partial charge in [-0.15, -0.1) is 0 Å². The molecule has 4 N–H and O–H groups in total. The van der Waals surface area contributed by atoms with Crippen molar-refractivity contribution < 1.29 is 13.2 Å². The van der Waals surface area contributed by atoms with Crippen LogP contribution in [-0.4, -0.2) is 23.6 Å². The molecule has 0 atom stereocenters. The summed E-state index contributed by atoms with van der Waals surface area (Å²) in [6.45, 7) is 2.41. The molecule has 2 aromatic heterocycles. The quantitative estimate of drug-likeness (QED) is 0.409. The number of ether oxygens (including phenoxy) is 1. The summed E-state index contributed by atoms with van der Waals surface area (Å²) in [6, 6.07) is 11.6. The molecule has 0 amide bonds. The van der Waals surface area contributed by atoms with Crippen molar-refractivity contribution >= 4 is 32.3 Å². The number of anilines is 2. The van der Waals surface area contributed by atoms with Crippen molar-refractivity contribution in [3.05, 3.63) is 70.8 Å². The molecule has 34 heavy (non-hydrogen) atoms. The number of hydrogen-bond acceptors (Lipinski definition) is 6. The van der Waals surface area contributed by atoms with Crippen LogP contribution in [-0.2, 0) is 17.1 Å². The van der Waals surface area contributed by atoms with Gasteiger partial charge in [-0.25, -0.2) is 12.4 Å². The number of pyridine rings is 1. The van der Waals surface area contributed by atoms with Gasteiger partial charge in [0.2, 0.25) is 0 Å². The Morgan fingerprint density at radius 3 is 2.41 bits per heavy atom. The lowest BCUT2D eigenvalue weighted by Crippen LogP contribution is -2.22. The Labute approximate surface area is 197 Å². The number of rotatable bonds is 6. The summed E-state index contributed by atoms with van der Waals surface area (Å²) in [7, 11) is -2.40. The Hall–Kier alpha value is -3.72. The van der Waals surface area contributed by atoms with Gasteiger partial charge in [-0.1, -0.05) is 17.7 Å². The van der Waals surface area contributed by atoms with Crippen molar-refractivity contribution in [3.63, 3.8) is 0 Å². The van der Waals surface area contributed by atoms with Crippen molar-refractivity contribution in [2.75, 3.05) is 18.1 Å². The summed E-state index contributed by atoms with van der Waals surface area (Å²) >= 11 is 0. The van der Waals surface area contributed by atoms with Crippen LogP contribution in [0.5, 0.6) is 5.75 Å². The van der Waals surface area contributed by atoms with Gasteiger partial charge in [0, 0.05) is 36.0 Å². The number of hydrogen-bond donors (Lipinski definition) is 2. The molecule has 4 aromatic rings. The number of fused-ring (bicyclic) bond motifs is 1. The minimum absolute atomic E-state index is 0.0594. The number of nitrogen functional groups attached to an aromatic ring is 2. The predicted molar refractivity (Wildman–Crippen MR) is 133 cm³/mol. The molecule has 2 aromatic carbocycles. The molecule has 0 spiro atoms. The molecule has 1 aliphatic carbocycles. The number of aryl methyl sites for hydroxylation is 2. The Morgan fingerprint density at radius 2 is 1.74 bits per heavy atom. The zero-order valence-corrected chi connectivity index (χ0v) is 19.8. The first-order valence-corrected chi connectivity index (χ1v) is 12.5. The van der Waals surface area contributed by atoms with E-state index in [-0.39, 0.29) is 10.4 Å². The molecule has 176 valence electrons. The Bertz CT molecular complexity index is 1580. The van der Waals surface area contributed by atoms with E-state index in [2.05, 4.69) is 0 Å². The maximum atomic E-state index is 13.4. The Kier molecular flexibility index (Phi) is 5.16. The highest BCUT2D eigenvalue weighted by atomic mass is 32.2. The number of nitrogens with two attached hydrogens (primary N) is 2. The summed E-state index contributed by atoms with van der Waals surface area (Å²) in [4.78, 5) is 13.3. The van der Waals surface area contributed by atoms with E-state index in [9.17, 15) is 13.2 Å². The fourth-order valence-electron chi connectivity index (χ4n) is 4.04. The maximum Gasteiger partial charge on any atom is 0.275 e. The van der Waals surface area contributed by atoms with Crippen LogP contribution in [0.15, 0.2) is 64.5 Å². The van der Waals surface area contributed by atoms with E-state index in [0.29, 0.717) is 46.2 Å². The van der Waals surface area contributed by atoms with Crippen LogP contribution in [0, 0.1) is 12.8 Å². The van der Waals surface area contributed by atoms with Gasteiger partial charge in [0.05, 0.1) is 22.9 Å². The van der Waals surface area contributed by atoms with Crippen molar-refractivity contribution in [2.24, 2.45) is 13.0 Å². The van der Waals surface area contributed by atoms with Gasteiger partial charge in [0.1, 0.15) is 5.52 Å². The van der Waals surface area contributed by atoms with Gasteiger partial charge < -0.3 is 20.8 Å². The fraction of sp³-hybridized carbons (Fsp3) is 0.240. The first-order chi connectivity index (χ1) is 16.2. The molecule has 2 heterocycles. The van der Waals surface area contributed by atoms with Gasteiger partial charge in [-0.05, 0) is 56.0 Å². The Morgan fingerprint density at radius 1 is 1.03 bits per heavy atom. The largest absolute Gasteiger partial charge is 0.490 e. The lowest BCUT2D eigenvalue weighted by Gasteiger charge is -2.17. The molecule has 1 fully saturated rings. The second-order valence-electron chi connectivity index (χ2n) is 8.85. The zero-order valence-electron chi connectivity index (χ0n) is 19.0. The third-order valence-electron chi connectivity index (χ3n) is 6.25. The van der Waals surface area contributed by atoms with Crippen LogP contribution in [0.25, 0.3) is 22.0 Å². The molecule has 9 heteroatoms. The van der Waals surface area contributed by atoms with Gasteiger partial charge in [-0.3, -0.25) is 4.79 Å². The van der Waals surface area contributed by atoms with E-state index in [1.54, 1.807) is 43.6 Å². The first-order valence-electron chi connectivity index (χ1n) is 11.0. The summed E-state index contributed by atoms with van der Waals surface area (Å²) in [5, 5.41) is 0.485. The van der Waals surface area contributed by atoms with Gasteiger partial charge in [0.25, 0.3) is 15.6 Å². The van der Waals surface area contributed by atoms with E-state index in [1.165, 1.54) is 22.9 Å². The third kappa shape index (κ3) is 3.62. The third-order valence-corrected chi connectivity index (χ3v) is 7.94. The molecule has 0 radical (unpaired) electrons. The first kappa shape index (κ1) is 22.1. The lowest BCUT2D eigenvalue weighted by molar-refractivity contribution is 0.302. The van der Waals surface area contributed by atoms with Crippen molar-refractivity contribution in [1.29, 1.82) is 0 Å². The smallest absolute Gasteiger partial charge is 0.275 e.